The van der Waals surface area contributed by atoms with Crippen LogP contribution in [-0.2, 0) is 9.53 Å². The minimum absolute atomic E-state index is 0.119. The Morgan fingerprint density at radius 2 is 1.84 bits per heavy atom. The highest BCUT2D eigenvalue weighted by Gasteiger charge is 2.21. The number of carbonyl (C=O) groups excluding carboxylic acids is 2. The van der Waals surface area contributed by atoms with Crippen LogP contribution in [0.1, 0.15) is 23.0 Å². The molecule has 160 valence electrons. The number of amides is 1. The monoisotopic (exact) mass is 485 g/mol. The molecule has 0 aliphatic rings. The van der Waals surface area contributed by atoms with Crippen LogP contribution in [-0.4, -0.2) is 34.9 Å². The van der Waals surface area contributed by atoms with E-state index in [9.17, 15) is 14.4 Å². The highest BCUT2D eigenvalue weighted by Crippen LogP contribution is 2.18. The lowest BCUT2D eigenvalue weighted by Gasteiger charge is -2.13. The summed E-state index contributed by atoms with van der Waals surface area (Å²) in [6, 6.07) is 15.3. The predicted octanol–water partition coefficient (Wildman–Crippen LogP) is 3.50. The third-order valence-electron chi connectivity index (χ3n) is 4.20. The van der Waals surface area contributed by atoms with Crippen LogP contribution in [0.15, 0.2) is 63.9 Å². The lowest BCUT2D eigenvalue weighted by molar-refractivity contribution is -0.118. The summed E-state index contributed by atoms with van der Waals surface area (Å²) in [4.78, 5) is 37.3. The minimum atomic E-state index is -0.756. The van der Waals surface area contributed by atoms with Crippen LogP contribution in [0.25, 0.3) is 5.69 Å². The van der Waals surface area contributed by atoms with E-state index in [1.165, 1.54) is 0 Å². The van der Waals surface area contributed by atoms with Gasteiger partial charge in [-0.25, -0.2) is 4.79 Å². The molecule has 0 atom stereocenters. The summed E-state index contributed by atoms with van der Waals surface area (Å²) in [5.41, 5.74) is 1.20. The fourth-order valence-corrected chi connectivity index (χ4v) is 3.00. The van der Waals surface area contributed by atoms with Crippen molar-refractivity contribution in [1.82, 2.24) is 9.78 Å². The zero-order valence-corrected chi connectivity index (χ0v) is 18.5. The summed E-state index contributed by atoms with van der Waals surface area (Å²) in [5, 5.41) is 6.83. The molecule has 1 amide bonds. The molecule has 3 aromatic rings. The Bertz CT molecular complexity index is 1160. The number of esters is 1. The number of hydrogen-bond acceptors (Lipinski definition) is 6. The first kappa shape index (κ1) is 22.2. The van der Waals surface area contributed by atoms with Gasteiger partial charge in [-0.3, -0.25) is 9.59 Å². The maximum Gasteiger partial charge on any atom is 0.362 e. The minimum Gasteiger partial charge on any atom is -0.481 e. The number of rotatable bonds is 7. The maximum atomic E-state index is 12.7. The summed E-state index contributed by atoms with van der Waals surface area (Å²) in [5.74, 6) is -1.34. The van der Waals surface area contributed by atoms with E-state index in [1.807, 2.05) is 19.1 Å². The second kappa shape index (κ2) is 10.0. The summed E-state index contributed by atoms with van der Waals surface area (Å²) in [6.07, 6.45) is 0. The van der Waals surface area contributed by atoms with Gasteiger partial charge in [0, 0.05) is 10.2 Å². The molecule has 0 spiro atoms. The van der Waals surface area contributed by atoms with Crippen molar-refractivity contribution in [3.8, 4) is 11.4 Å². The third kappa shape index (κ3) is 5.58. The smallest absolute Gasteiger partial charge is 0.362 e. The molecule has 0 aliphatic carbocycles. The average molecular weight is 486 g/mol. The Kier molecular flexibility index (Phi) is 7.19. The van der Waals surface area contributed by atoms with Gasteiger partial charge in [-0.2, -0.15) is 9.78 Å². The van der Waals surface area contributed by atoms with E-state index in [0.717, 1.165) is 20.8 Å². The Hall–Kier alpha value is -3.46. The first-order valence-corrected chi connectivity index (χ1v) is 10.2. The molecule has 3 rings (SSSR count). The quantitative estimate of drug-likeness (QED) is 0.514. The normalized spacial score (nSPS) is 10.4. The summed E-state index contributed by atoms with van der Waals surface area (Å²) in [6.45, 7) is 3.18. The molecule has 9 heteroatoms. The molecule has 0 radical (unpaired) electrons. The van der Waals surface area contributed by atoms with Gasteiger partial charge in [0.1, 0.15) is 0 Å². The highest BCUT2D eigenvalue weighted by atomic mass is 79.9. The van der Waals surface area contributed by atoms with Crippen LogP contribution in [0, 0.1) is 6.92 Å². The molecule has 31 heavy (non-hydrogen) atoms. The standard InChI is InChI=1S/C22H20BrN3O5/c1-3-30-22(29)21-18(31-13-19(27)24-16-10-8-15(23)9-11-16)12-20(28)26(25-21)17-7-5-4-6-14(17)2/h4-12H,3,13H2,1-2H3,(H,24,27). The Labute approximate surface area is 186 Å². The lowest BCUT2D eigenvalue weighted by atomic mass is 10.2. The third-order valence-corrected chi connectivity index (χ3v) is 4.72. The number of benzene rings is 2. The SMILES string of the molecule is CCOC(=O)c1nn(-c2ccccc2C)c(=O)cc1OCC(=O)Nc1ccc(Br)cc1. The number of aryl methyl sites for hydroxylation is 1. The van der Waals surface area contributed by atoms with E-state index < -0.39 is 24.0 Å². The van der Waals surface area contributed by atoms with Gasteiger partial charge in [-0.05, 0) is 49.7 Å². The molecule has 0 saturated heterocycles. The van der Waals surface area contributed by atoms with Gasteiger partial charge in [0.25, 0.3) is 11.5 Å². The fraction of sp³-hybridized carbons (Fsp3) is 0.182. The number of anilines is 1. The molecular formula is C22H20BrN3O5. The van der Waals surface area contributed by atoms with E-state index >= 15 is 0 Å². The van der Waals surface area contributed by atoms with Gasteiger partial charge in [-0.1, -0.05) is 34.1 Å². The van der Waals surface area contributed by atoms with Crippen LogP contribution in [0.3, 0.4) is 0 Å². The summed E-state index contributed by atoms with van der Waals surface area (Å²) in [7, 11) is 0. The molecule has 1 N–H and O–H groups in total. The summed E-state index contributed by atoms with van der Waals surface area (Å²) >= 11 is 3.32. The molecule has 0 bridgehead atoms. The highest BCUT2D eigenvalue weighted by molar-refractivity contribution is 9.10. The lowest BCUT2D eigenvalue weighted by Crippen LogP contribution is -2.27. The Morgan fingerprint density at radius 3 is 2.52 bits per heavy atom. The van der Waals surface area contributed by atoms with Crippen molar-refractivity contribution in [3.05, 3.63) is 80.7 Å². The van der Waals surface area contributed by atoms with Crippen molar-refractivity contribution in [2.24, 2.45) is 0 Å². The second-order valence-corrected chi connectivity index (χ2v) is 7.37. The van der Waals surface area contributed by atoms with Gasteiger partial charge < -0.3 is 14.8 Å². The van der Waals surface area contributed by atoms with E-state index in [1.54, 1.807) is 43.3 Å². The molecular weight excluding hydrogens is 466 g/mol. The molecule has 0 aliphatic heterocycles. The summed E-state index contributed by atoms with van der Waals surface area (Å²) < 4.78 is 12.5. The molecule has 2 aromatic carbocycles. The first-order valence-electron chi connectivity index (χ1n) is 9.44. The number of para-hydroxylation sites is 1. The molecule has 0 saturated carbocycles. The number of halogens is 1. The number of nitrogens with one attached hydrogen (secondary N) is 1. The Balaban J connectivity index is 1.86. The first-order chi connectivity index (χ1) is 14.9. The van der Waals surface area contributed by atoms with Crippen molar-refractivity contribution in [3.63, 3.8) is 0 Å². The molecule has 1 heterocycles. The van der Waals surface area contributed by atoms with Crippen molar-refractivity contribution >= 4 is 33.5 Å². The van der Waals surface area contributed by atoms with Crippen molar-refractivity contribution in [2.45, 2.75) is 13.8 Å². The van der Waals surface area contributed by atoms with Gasteiger partial charge in [-0.15, -0.1) is 0 Å². The molecule has 1 aromatic heterocycles. The van der Waals surface area contributed by atoms with E-state index in [-0.39, 0.29) is 18.1 Å². The largest absolute Gasteiger partial charge is 0.481 e. The molecule has 8 nitrogen and oxygen atoms in total. The van der Waals surface area contributed by atoms with Crippen LogP contribution >= 0.6 is 15.9 Å². The van der Waals surface area contributed by atoms with Crippen molar-refractivity contribution in [2.75, 3.05) is 18.5 Å². The second-order valence-electron chi connectivity index (χ2n) is 6.46. The fourth-order valence-electron chi connectivity index (χ4n) is 2.74. The van der Waals surface area contributed by atoms with Gasteiger partial charge in [0.15, 0.2) is 12.4 Å². The van der Waals surface area contributed by atoms with E-state index in [0.29, 0.717) is 11.4 Å². The number of ether oxygens (including phenoxy) is 2. The predicted molar refractivity (Wildman–Crippen MR) is 119 cm³/mol. The molecule has 0 unspecified atom stereocenters. The van der Waals surface area contributed by atoms with Crippen LogP contribution < -0.4 is 15.6 Å². The van der Waals surface area contributed by atoms with E-state index in [2.05, 4.69) is 26.3 Å². The number of aromatic nitrogens is 2. The van der Waals surface area contributed by atoms with Crippen LogP contribution in [0.2, 0.25) is 0 Å². The zero-order valence-electron chi connectivity index (χ0n) is 16.9. The number of hydrogen-bond donors (Lipinski definition) is 1. The van der Waals surface area contributed by atoms with Crippen LogP contribution in [0.5, 0.6) is 5.75 Å². The van der Waals surface area contributed by atoms with Crippen LogP contribution in [0.4, 0.5) is 5.69 Å². The maximum absolute atomic E-state index is 12.7. The van der Waals surface area contributed by atoms with Gasteiger partial charge in [0.05, 0.1) is 18.4 Å². The van der Waals surface area contributed by atoms with Crippen molar-refractivity contribution < 1.29 is 19.1 Å². The number of nitrogens with zero attached hydrogens (tertiary/aromatic N) is 2. The average Bonchev–Trinajstić information content (AvgIpc) is 2.75. The topological polar surface area (TPSA) is 99.5 Å². The molecule has 0 fully saturated rings. The van der Waals surface area contributed by atoms with Gasteiger partial charge >= 0.3 is 5.97 Å². The van der Waals surface area contributed by atoms with E-state index in [4.69, 9.17) is 9.47 Å². The van der Waals surface area contributed by atoms with Gasteiger partial charge in [0.2, 0.25) is 5.69 Å². The zero-order chi connectivity index (χ0) is 22.4. The Morgan fingerprint density at radius 1 is 1.13 bits per heavy atom. The van der Waals surface area contributed by atoms with Crippen molar-refractivity contribution in [1.29, 1.82) is 0 Å². The number of carbonyl (C=O) groups is 2.